The van der Waals surface area contributed by atoms with Crippen molar-refractivity contribution in [2.45, 2.75) is 13.2 Å². The first-order valence-electron chi connectivity index (χ1n) is 3.33. The molecule has 1 unspecified atom stereocenters. The molecule has 2 nitrogen and oxygen atoms in total. The Balaban J connectivity index is 2.66. The Morgan fingerprint density at radius 2 is 1.91 bits per heavy atom. The third kappa shape index (κ3) is 2.55. The second kappa shape index (κ2) is 3.34. The summed E-state index contributed by atoms with van der Waals surface area (Å²) < 4.78 is 12.3. The van der Waals surface area contributed by atoms with E-state index in [-0.39, 0.29) is 5.82 Å². The van der Waals surface area contributed by atoms with Gasteiger partial charge in [0.05, 0.1) is 5.69 Å². The van der Waals surface area contributed by atoms with Crippen LogP contribution in [-0.2, 0) is 0 Å². The van der Waals surface area contributed by atoms with Crippen molar-refractivity contribution in [1.82, 2.24) is 5.32 Å². The second-order valence-corrected chi connectivity index (χ2v) is 2.24. The van der Waals surface area contributed by atoms with E-state index < -0.39 is 6.23 Å². The molecule has 1 atom stereocenters. The molecule has 59 valence electrons. The van der Waals surface area contributed by atoms with Crippen LogP contribution in [0.15, 0.2) is 24.3 Å². The van der Waals surface area contributed by atoms with Crippen LogP contribution >= 0.6 is 0 Å². The highest BCUT2D eigenvalue weighted by atomic mass is 19.1. The van der Waals surface area contributed by atoms with E-state index in [9.17, 15) is 4.39 Å². The summed E-state index contributed by atoms with van der Waals surface area (Å²) in [7, 11) is 0. The molecule has 0 fully saturated rings. The lowest BCUT2D eigenvalue weighted by atomic mass is 10.3. The molecule has 0 aromatic heterocycles. The van der Waals surface area contributed by atoms with E-state index in [0.717, 1.165) is 0 Å². The van der Waals surface area contributed by atoms with Gasteiger partial charge in [-0.2, -0.15) is 0 Å². The van der Waals surface area contributed by atoms with Gasteiger partial charge in [-0.3, -0.25) is 5.32 Å². The van der Waals surface area contributed by atoms with Gasteiger partial charge in [0.1, 0.15) is 12.0 Å². The lowest BCUT2D eigenvalue weighted by Crippen LogP contribution is -2.11. The molecule has 1 rings (SSSR count). The lowest BCUT2D eigenvalue weighted by molar-refractivity contribution is 0.172. The van der Waals surface area contributed by atoms with Crippen molar-refractivity contribution in [2.75, 3.05) is 0 Å². The highest BCUT2D eigenvalue weighted by Gasteiger charge is 1.97. The Morgan fingerprint density at radius 1 is 1.36 bits per heavy atom. The van der Waals surface area contributed by atoms with Gasteiger partial charge in [0, 0.05) is 0 Å². The van der Waals surface area contributed by atoms with Crippen LogP contribution in [0, 0.1) is 5.82 Å². The molecular weight excluding hydrogens is 145 g/mol. The van der Waals surface area contributed by atoms with Gasteiger partial charge in [0.15, 0.2) is 0 Å². The molecule has 0 heterocycles. The van der Waals surface area contributed by atoms with Gasteiger partial charge in [-0.1, -0.05) is 0 Å². The number of aliphatic hydroxyl groups is 1. The average molecular weight is 154 g/mol. The first-order valence-corrected chi connectivity index (χ1v) is 3.33. The minimum atomic E-state index is -0.736. The van der Waals surface area contributed by atoms with Gasteiger partial charge >= 0.3 is 0 Å². The molecule has 0 bridgehead atoms. The molecule has 1 aromatic rings. The Kier molecular flexibility index (Phi) is 2.44. The van der Waals surface area contributed by atoms with Crippen LogP contribution in [0.5, 0.6) is 0 Å². The number of rotatable bonds is 2. The van der Waals surface area contributed by atoms with Crippen LogP contribution in [0.25, 0.3) is 0 Å². The first kappa shape index (κ1) is 8.01. The van der Waals surface area contributed by atoms with E-state index in [1.165, 1.54) is 24.3 Å². The summed E-state index contributed by atoms with van der Waals surface area (Å²) in [4.78, 5) is 0. The molecule has 0 aliphatic rings. The largest absolute Gasteiger partial charge is 0.372 e. The van der Waals surface area contributed by atoms with Crippen molar-refractivity contribution < 1.29 is 9.50 Å². The summed E-state index contributed by atoms with van der Waals surface area (Å²) in [6, 6.07) is 5.65. The average Bonchev–Trinajstić information content (AvgIpc) is 1.93. The maximum absolute atomic E-state index is 12.3. The molecule has 0 saturated heterocycles. The molecule has 1 radical (unpaired) electrons. The topological polar surface area (TPSA) is 34.3 Å². The Labute approximate surface area is 64.7 Å². The lowest BCUT2D eigenvalue weighted by Gasteiger charge is -2.03. The van der Waals surface area contributed by atoms with Gasteiger partial charge < -0.3 is 5.11 Å². The third-order valence-corrected chi connectivity index (χ3v) is 1.16. The molecule has 0 amide bonds. The van der Waals surface area contributed by atoms with Crippen LogP contribution in [0.4, 0.5) is 10.1 Å². The predicted octanol–water partition coefficient (Wildman–Crippen LogP) is 1.40. The van der Waals surface area contributed by atoms with Crippen molar-refractivity contribution in [1.29, 1.82) is 0 Å². The van der Waals surface area contributed by atoms with Crippen LogP contribution in [-0.4, -0.2) is 11.3 Å². The number of hydrogen-bond donors (Lipinski definition) is 1. The zero-order valence-corrected chi connectivity index (χ0v) is 6.16. The van der Waals surface area contributed by atoms with Gasteiger partial charge in [0.2, 0.25) is 0 Å². The van der Waals surface area contributed by atoms with Crippen molar-refractivity contribution >= 4 is 5.69 Å². The monoisotopic (exact) mass is 154 g/mol. The SMILES string of the molecule is CC(O)[N]c1ccc(F)cc1. The molecule has 0 aliphatic carbocycles. The number of halogens is 1. The van der Waals surface area contributed by atoms with Gasteiger partial charge in [0.25, 0.3) is 0 Å². The fourth-order valence-electron chi connectivity index (χ4n) is 0.743. The minimum absolute atomic E-state index is 0.297. The standard InChI is InChI=1S/C8H9FNO/c1-6(11)10-8-4-2-7(9)3-5-8/h2-6,11H,1H3. The van der Waals surface area contributed by atoms with Gasteiger partial charge in [-0.15, -0.1) is 0 Å². The van der Waals surface area contributed by atoms with E-state index in [2.05, 4.69) is 5.32 Å². The first-order chi connectivity index (χ1) is 5.18. The third-order valence-electron chi connectivity index (χ3n) is 1.16. The fraction of sp³-hybridized carbons (Fsp3) is 0.250. The fourth-order valence-corrected chi connectivity index (χ4v) is 0.743. The maximum atomic E-state index is 12.3. The van der Waals surface area contributed by atoms with E-state index in [1.807, 2.05) is 0 Å². The van der Waals surface area contributed by atoms with E-state index in [1.54, 1.807) is 6.92 Å². The quantitative estimate of drug-likeness (QED) is 0.686. The van der Waals surface area contributed by atoms with Gasteiger partial charge in [-0.05, 0) is 31.2 Å². The van der Waals surface area contributed by atoms with E-state index >= 15 is 0 Å². The van der Waals surface area contributed by atoms with E-state index in [0.29, 0.717) is 5.69 Å². The molecule has 0 saturated carbocycles. The summed E-state index contributed by atoms with van der Waals surface area (Å²) in [5.74, 6) is -0.297. The van der Waals surface area contributed by atoms with E-state index in [4.69, 9.17) is 5.11 Å². The van der Waals surface area contributed by atoms with Crippen molar-refractivity contribution in [2.24, 2.45) is 0 Å². The molecule has 0 aliphatic heterocycles. The van der Waals surface area contributed by atoms with Crippen molar-refractivity contribution in [3.8, 4) is 0 Å². The maximum Gasteiger partial charge on any atom is 0.143 e. The zero-order chi connectivity index (χ0) is 8.27. The van der Waals surface area contributed by atoms with Crippen molar-refractivity contribution in [3.63, 3.8) is 0 Å². The summed E-state index contributed by atoms with van der Waals surface area (Å²) in [6.45, 7) is 1.54. The summed E-state index contributed by atoms with van der Waals surface area (Å²) >= 11 is 0. The highest BCUT2D eigenvalue weighted by Crippen LogP contribution is 2.08. The zero-order valence-electron chi connectivity index (χ0n) is 6.16. The number of nitrogens with zero attached hydrogens (tertiary/aromatic N) is 1. The van der Waals surface area contributed by atoms with Gasteiger partial charge in [-0.25, -0.2) is 4.39 Å². The summed E-state index contributed by atoms with van der Waals surface area (Å²) in [6.07, 6.45) is -0.736. The summed E-state index contributed by atoms with van der Waals surface area (Å²) in [5.41, 5.74) is 0.585. The number of aliphatic hydroxyl groups excluding tert-OH is 1. The Morgan fingerprint density at radius 3 is 2.36 bits per heavy atom. The molecule has 11 heavy (non-hydrogen) atoms. The normalized spacial score (nSPS) is 12.6. The second-order valence-electron chi connectivity index (χ2n) is 2.24. The van der Waals surface area contributed by atoms with Crippen LogP contribution < -0.4 is 5.32 Å². The molecule has 1 aromatic carbocycles. The molecule has 3 heteroatoms. The van der Waals surface area contributed by atoms with Crippen molar-refractivity contribution in [3.05, 3.63) is 30.1 Å². The minimum Gasteiger partial charge on any atom is -0.372 e. The predicted molar refractivity (Wildman–Crippen MR) is 39.9 cm³/mol. The molecule has 0 spiro atoms. The Hall–Kier alpha value is -1.09. The molecular formula is C8H9FNO. The summed E-state index contributed by atoms with van der Waals surface area (Å²) in [5, 5.41) is 12.6. The Bertz CT molecular complexity index is 220. The van der Waals surface area contributed by atoms with Crippen LogP contribution in [0.1, 0.15) is 6.92 Å². The number of benzene rings is 1. The molecule has 1 N–H and O–H groups in total. The smallest absolute Gasteiger partial charge is 0.143 e. The van der Waals surface area contributed by atoms with Crippen LogP contribution in [0.2, 0.25) is 0 Å². The highest BCUT2D eigenvalue weighted by molar-refractivity contribution is 5.35. The number of hydrogen-bond acceptors (Lipinski definition) is 1. The van der Waals surface area contributed by atoms with Crippen LogP contribution in [0.3, 0.4) is 0 Å².